The number of hydrogen-bond acceptors (Lipinski definition) is 6. The number of benzene rings is 2. The third-order valence-corrected chi connectivity index (χ3v) is 6.16. The molecule has 2 aliphatic rings. The summed E-state index contributed by atoms with van der Waals surface area (Å²) in [7, 11) is 0. The normalized spacial score (nSPS) is 16.6. The number of aromatic nitrogens is 1. The number of carbonyl (C=O) groups is 1. The van der Waals surface area contributed by atoms with Crippen LogP contribution in [0.2, 0.25) is 0 Å². The van der Waals surface area contributed by atoms with E-state index in [9.17, 15) is 13.6 Å². The fourth-order valence-electron chi connectivity index (χ4n) is 4.13. The van der Waals surface area contributed by atoms with E-state index in [1.165, 1.54) is 12.1 Å². The number of aliphatic hydroxyl groups excluding tert-OH is 1. The third kappa shape index (κ3) is 4.64. The molecule has 1 fully saturated rings. The van der Waals surface area contributed by atoms with Gasteiger partial charge >= 0.3 is 6.29 Å². The van der Waals surface area contributed by atoms with Crippen LogP contribution >= 0.6 is 0 Å². The Bertz CT molecular complexity index is 1280. The fourth-order valence-corrected chi connectivity index (χ4v) is 4.13. The van der Waals surface area contributed by atoms with Gasteiger partial charge in [-0.15, -0.1) is 8.78 Å². The zero-order valence-corrected chi connectivity index (χ0v) is 19.0. The van der Waals surface area contributed by atoms with Crippen LogP contribution in [0.4, 0.5) is 14.6 Å². The van der Waals surface area contributed by atoms with E-state index in [0.717, 1.165) is 11.1 Å². The van der Waals surface area contributed by atoms with Crippen molar-refractivity contribution in [3.8, 4) is 28.5 Å². The standard InChI is InChI=1S/C26H24F2N2O5/c1-16-6-9-22(29-23(16)17-4-2-5-19(14-17)33-13-3-12-31)30-24(32)25(10-11-25)18-7-8-20-21(15-18)35-26(27,28)34-20/h2,4-9,14-15,31H,3,10-13H2,1H3,(H,29,30,32). The van der Waals surface area contributed by atoms with Crippen molar-refractivity contribution in [1.82, 2.24) is 4.98 Å². The Kier molecular flexibility index (Phi) is 5.80. The Labute approximate surface area is 200 Å². The van der Waals surface area contributed by atoms with Gasteiger partial charge in [0.2, 0.25) is 5.91 Å². The van der Waals surface area contributed by atoms with Gasteiger partial charge in [0.1, 0.15) is 11.6 Å². The largest absolute Gasteiger partial charge is 0.586 e. The van der Waals surface area contributed by atoms with Gasteiger partial charge in [-0.05, 0) is 61.2 Å². The number of fused-ring (bicyclic) bond motifs is 1. The number of hydrogen-bond donors (Lipinski definition) is 2. The van der Waals surface area contributed by atoms with Crippen molar-refractivity contribution in [3.63, 3.8) is 0 Å². The molecule has 2 N–H and O–H groups in total. The molecule has 35 heavy (non-hydrogen) atoms. The first-order valence-corrected chi connectivity index (χ1v) is 11.3. The average Bonchev–Trinajstić information content (AvgIpc) is 3.58. The topological polar surface area (TPSA) is 89.9 Å². The quantitative estimate of drug-likeness (QED) is 0.448. The SMILES string of the molecule is Cc1ccc(NC(=O)C2(c3ccc4c(c3)OC(F)(F)O4)CC2)nc1-c1cccc(OCCCO)c1. The van der Waals surface area contributed by atoms with Gasteiger partial charge in [0.15, 0.2) is 11.5 Å². The molecule has 1 aromatic heterocycles. The van der Waals surface area contributed by atoms with Gasteiger partial charge < -0.3 is 24.6 Å². The van der Waals surface area contributed by atoms with Gasteiger partial charge in [0.25, 0.3) is 0 Å². The minimum absolute atomic E-state index is 0.0534. The van der Waals surface area contributed by atoms with Crippen LogP contribution in [0.15, 0.2) is 54.6 Å². The molecular formula is C26H24F2N2O5. The summed E-state index contributed by atoms with van der Waals surface area (Å²) in [5.41, 5.74) is 2.22. The minimum atomic E-state index is -3.71. The summed E-state index contributed by atoms with van der Waals surface area (Å²) in [6.45, 7) is 2.39. The Morgan fingerprint density at radius 1 is 1.11 bits per heavy atom. The molecule has 3 aromatic rings. The lowest BCUT2D eigenvalue weighted by Gasteiger charge is -2.17. The fraction of sp³-hybridized carbons (Fsp3) is 0.308. The van der Waals surface area contributed by atoms with E-state index in [2.05, 4.69) is 19.8 Å². The maximum absolute atomic E-state index is 13.4. The Balaban J connectivity index is 1.35. The predicted molar refractivity (Wildman–Crippen MR) is 124 cm³/mol. The van der Waals surface area contributed by atoms with Crippen LogP contribution in [0.5, 0.6) is 17.2 Å². The van der Waals surface area contributed by atoms with Crippen LogP contribution in [-0.2, 0) is 10.2 Å². The number of pyridine rings is 1. The first kappa shape index (κ1) is 23.0. The number of alkyl halides is 2. The van der Waals surface area contributed by atoms with Gasteiger partial charge in [-0.1, -0.05) is 24.3 Å². The molecule has 0 bridgehead atoms. The molecule has 1 amide bonds. The molecule has 1 aliphatic heterocycles. The summed E-state index contributed by atoms with van der Waals surface area (Å²) in [4.78, 5) is 17.9. The minimum Gasteiger partial charge on any atom is -0.493 e. The predicted octanol–water partition coefficient (Wildman–Crippen LogP) is 4.81. The number of amides is 1. The van der Waals surface area contributed by atoms with Crippen molar-refractivity contribution in [1.29, 1.82) is 0 Å². The van der Waals surface area contributed by atoms with E-state index >= 15 is 0 Å². The number of carbonyl (C=O) groups excluding carboxylic acids is 1. The molecule has 182 valence electrons. The lowest BCUT2D eigenvalue weighted by atomic mass is 9.94. The molecule has 0 spiro atoms. The molecule has 0 unspecified atom stereocenters. The second-order valence-corrected chi connectivity index (χ2v) is 8.68. The zero-order chi connectivity index (χ0) is 24.6. The van der Waals surface area contributed by atoms with E-state index < -0.39 is 11.7 Å². The number of aryl methyl sites for hydroxylation is 1. The smallest absolute Gasteiger partial charge is 0.493 e. The number of rotatable bonds is 8. The lowest BCUT2D eigenvalue weighted by Crippen LogP contribution is -2.28. The van der Waals surface area contributed by atoms with Crippen LogP contribution in [0.1, 0.15) is 30.4 Å². The summed E-state index contributed by atoms with van der Waals surface area (Å²) in [6.07, 6.45) is -2.00. The highest BCUT2D eigenvalue weighted by molar-refractivity contribution is 6.01. The average molecular weight is 482 g/mol. The molecule has 5 rings (SSSR count). The van der Waals surface area contributed by atoms with E-state index in [0.29, 0.717) is 48.7 Å². The molecule has 1 saturated carbocycles. The number of ether oxygens (including phenoxy) is 3. The van der Waals surface area contributed by atoms with E-state index in [1.54, 1.807) is 12.1 Å². The highest BCUT2D eigenvalue weighted by atomic mass is 19.3. The Morgan fingerprint density at radius 3 is 2.69 bits per heavy atom. The van der Waals surface area contributed by atoms with E-state index in [4.69, 9.17) is 9.84 Å². The number of nitrogens with one attached hydrogen (secondary N) is 1. The second-order valence-electron chi connectivity index (χ2n) is 8.68. The highest BCUT2D eigenvalue weighted by Crippen LogP contribution is 2.52. The molecule has 2 aromatic carbocycles. The summed E-state index contributed by atoms with van der Waals surface area (Å²) in [5.74, 6) is 0.662. The van der Waals surface area contributed by atoms with Crippen molar-refractivity contribution < 1.29 is 32.9 Å². The number of nitrogens with zero attached hydrogens (tertiary/aromatic N) is 1. The van der Waals surface area contributed by atoms with Crippen LogP contribution in [-0.4, -0.2) is 35.5 Å². The first-order valence-electron chi connectivity index (χ1n) is 11.3. The number of halogens is 2. The molecule has 0 saturated heterocycles. The zero-order valence-electron chi connectivity index (χ0n) is 19.0. The van der Waals surface area contributed by atoms with Gasteiger partial charge in [0, 0.05) is 18.6 Å². The van der Waals surface area contributed by atoms with Crippen molar-refractivity contribution >= 4 is 11.7 Å². The molecule has 2 heterocycles. The van der Waals surface area contributed by atoms with Crippen molar-refractivity contribution in [3.05, 3.63) is 65.7 Å². The lowest BCUT2D eigenvalue weighted by molar-refractivity contribution is -0.286. The van der Waals surface area contributed by atoms with Crippen LogP contribution in [0.25, 0.3) is 11.3 Å². The number of aliphatic hydroxyl groups is 1. The van der Waals surface area contributed by atoms with Crippen molar-refractivity contribution in [2.45, 2.75) is 37.9 Å². The molecule has 0 radical (unpaired) electrons. The van der Waals surface area contributed by atoms with Crippen LogP contribution < -0.4 is 19.5 Å². The van der Waals surface area contributed by atoms with E-state index in [-0.39, 0.29) is 24.0 Å². The van der Waals surface area contributed by atoms with Gasteiger partial charge in [-0.2, -0.15) is 0 Å². The van der Waals surface area contributed by atoms with E-state index in [1.807, 2.05) is 37.3 Å². The molecule has 0 atom stereocenters. The van der Waals surface area contributed by atoms with Crippen LogP contribution in [0.3, 0.4) is 0 Å². The maximum atomic E-state index is 13.4. The van der Waals surface area contributed by atoms with Crippen LogP contribution in [0, 0.1) is 6.92 Å². The van der Waals surface area contributed by atoms with Crippen molar-refractivity contribution in [2.24, 2.45) is 0 Å². The summed E-state index contributed by atoms with van der Waals surface area (Å²) in [5, 5.41) is 11.8. The van der Waals surface area contributed by atoms with Gasteiger partial charge in [-0.25, -0.2) is 4.98 Å². The summed E-state index contributed by atoms with van der Waals surface area (Å²) >= 11 is 0. The maximum Gasteiger partial charge on any atom is 0.586 e. The number of anilines is 1. The monoisotopic (exact) mass is 482 g/mol. The van der Waals surface area contributed by atoms with Gasteiger partial charge in [0.05, 0.1) is 17.7 Å². The molecule has 7 nitrogen and oxygen atoms in total. The molecule has 9 heteroatoms. The van der Waals surface area contributed by atoms with Crippen molar-refractivity contribution in [2.75, 3.05) is 18.5 Å². The molecule has 1 aliphatic carbocycles. The van der Waals surface area contributed by atoms with Gasteiger partial charge in [-0.3, -0.25) is 4.79 Å². The second kappa shape index (κ2) is 8.81. The molecular weight excluding hydrogens is 458 g/mol. The first-order chi connectivity index (χ1) is 16.8. The Hall–Kier alpha value is -3.72. The summed E-state index contributed by atoms with van der Waals surface area (Å²) < 4.78 is 41.5. The summed E-state index contributed by atoms with van der Waals surface area (Å²) in [6, 6.07) is 15.5. The Morgan fingerprint density at radius 2 is 1.91 bits per heavy atom. The highest BCUT2D eigenvalue weighted by Gasteiger charge is 2.53. The third-order valence-electron chi connectivity index (χ3n) is 6.16.